The molecule has 150 valence electrons. The van der Waals surface area contributed by atoms with Gasteiger partial charge in [0.2, 0.25) is 4.96 Å². The quantitative estimate of drug-likeness (QED) is 0.370. The predicted octanol–water partition coefficient (Wildman–Crippen LogP) is 1.09. The van der Waals surface area contributed by atoms with Crippen molar-refractivity contribution in [1.82, 2.24) is 30.4 Å². The third-order valence-electron chi connectivity index (χ3n) is 4.95. The number of thiazole rings is 1. The Bertz CT molecular complexity index is 1350. The second-order valence-electron chi connectivity index (χ2n) is 6.82. The number of benzene rings is 1. The summed E-state index contributed by atoms with van der Waals surface area (Å²) in [7, 11) is 0. The van der Waals surface area contributed by atoms with Crippen LogP contribution in [0.25, 0.3) is 22.4 Å². The van der Waals surface area contributed by atoms with E-state index in [0.717, 1.165) is 11.1 Å². The molecule has 10 nitrogen and oxygen atoms in total. The Labute approximate surface area is 173 Å². The number of hydrogen-bond acceptors (Lipinski definition) is 9. The van der Waals surface area contributed by atoms with E-state index in [9.17, 15) is 14.9 Å². The molecule has 0 bridgehead atoms. The van der Waals surface area contributed by atoms with Crippen LogP contribution in [0.5, 0.6) is 0 Å². The molecule has 4 aromatic rings. The fourth-order valence-electron chi connectivity index (χ4n) is 3.49. The lowest BCUT2D eigenvalue weighted by molar-refractivity contribution is -0.384. The zero-order valence-corrected chi connectivity index (χ0v) is 16.2. The van der Waals surface area contributed by atoms with Crippen LogP contribution in [-0.4, -0.2) is 31.1 Å². The van der Waals surface area contributed by atoms with Crippen molar-refractivity contribution in [2.45, 2.75) is 6.04 Å². The third kappa shape index (κ3) is 3.24. The molecule has 2 atom stereocenters. The molecule has 1 aliphatic heterocycles. The van der Waals surface area contributed by atoms with E-state index in [1.165, 1.54) is 21.9 Å². The first-order chi connectivity index (χ1) is 14.6. The van der Waals surface area contributed by atoms with E-state index >= 15 is 0 Å². The van der Waals surface area contributed by atoms with Crippen LogP contribution in [0.4, 0.5) is 5.69 Å². The molecule has 0 spiro atoms. The fraction of sp³-hybridized carbons (Fsp3) is 0.158. The number of aromatic nitrogens is 4. The van der Waals surface area contributed by atoms with Gasteiger partial charge in [-0.25, -0.2) is 5.43 Å². The highest BCUT2D eigenvalue weighted by Crippen LogP contribution is 2.28. The highest BCUT2D eigenvalue weighted by molar-refractivity contribution is 7.15. The number of rotatable bonds is 4. The SMILES string of the molecule is O=c1/c(=C/C2CNNC2c2cccc([N+](=O)[O-])c2)sc2nc(-c3ccncc3)nn12. The molecule has 0 radical (unpaired) electrons. The normalized spacial score (nSPS) is 19.5. The number of nitrogens with zero attached hydrogens (tertiary/aromatic N) is 5. The number of non-ortho nitro benzene ring substituents is 1. The summed E-state index contributed by atoms with van der Waals surface area (Å²) in [4.78, 5) is 32.5. The van der Waals surface area contributed by atoms with Gasteiger partial charge in [0.15, 0.2) is 5.82 Å². The smallest absolute Gasteiger partial charge is 0.266 e. The first kappa shape index (κ1) is 18.5. The Morgan fingerprint density at radius 3 is 2.87 bits per heavy atom. The first-order valence-corrected chi connectivity index (χ1v) is 9.96. The van der Waals surface area contributed by atoms with Crippen molar-refractivity contribution in [1.29, 1.82) is 0 Å². The second kappa shape index (κ2) is 7.37. The summed E-state index contributed by atoms with van der Waals surface area (Å²) in [5.41, 5.74) is 7.59. The van der Waals surface area contributed by atoms with E-state index in [1.54, 1.807) is 36.7 Å². The summed E-state index contributed by atoms with van der Waals surface area (Å²) in [5.74, 6) is 0.411. The Kier molecular flexibility index (Phi) is 4.54. The van der Waals surface area contributed by atoms with Gasteiger partial charge in [0.05, 0.1) is 15.5 Å². The van der Waals surface area contributed by atoms with Crippen LogP contribution < -0.4 is 20.9 Å². The number of hydrogen-bond donors (Lipinski definition) is 2. The van der Waals surface area contributed by atoms with E-state index < -0.39 is 4.92 Å². The minimum atomic E-state index is -0.416. The summed E-state index contributed by atoms with van der Waals surface area (Å²) < 4.78 is 1.85. The molecule has 1 aliphatic rings. The van der Waals surface area contributed by atoms with Crippen LogP contribution in [0, 0.1) is 16.0 Å². The van der Waals surface area contributed by atoms with E-state index in [1.807, 2.05) is 12.1 Å². The minimum absolute atomic E-state index is 0.0342. The van der Waals surface area contributed by atoms with Crippen molar-refractivity contribution in [3.63, 3.8) is 0 Å². The number of fused-ring (bicyclic) bond motifs is 1. The molecule has 4 heterocycles. The van der Waals surface area contributed by atoms with E-state index in [-0.39, 0.29) is 23.2 Å². The van der Waals surface area contributed by atoms with Crippen molar-refractivity contribution in [2.24, 2.45) is 5.92 Å². The van der Waals surface area contributed by atoms with Gasteiger partial charge in [-0.3, -0.25) is 25.3 Å². The van der Waals surface area contributed by atoms with Crippen LogP contribution in [-0.2, 0) is 0 Å². The summed E-state index contributed by atoms with van der Waals surface area (Å²) >= 11 is 1.27. The predicted molar refractivity (Wildman–Crippen MR) is 111 cm³/mol. The van der Waals surface area contributed by atoms with Gasteiger partial charge in [-0.2, -0.15) is 9.50 Å². The average Bonchev–Trinajstić information content (AvgIpc) is 3.46. The fourth-order valence-corrected chi connectivity index (χ4v) is 4.45. The molecular weight excluding hydrogens is 406 g/mol. The van der Waals surface area contributed by atoms with Crippen LogP contribution in [0.1, 0.15) is 11.6 Å². The van der Waals surface area contributed by atoms with Crippen LogP contribution in [0.3, 0.4) is 0 Å². The molecule has 0 aliphatic carbocycles. The zero-order chi connectivity index (χ0) is 20.7. The van der Waals surface area contributed by atoms with E-state index in [4.69, 9.17) is 0 Å². The lowest BCUT2D eigenvalue weighted by Gasteiger charge is -2.15. The molecule has 1 aromatic carbocycles. The number of nitro groups is 1. The van der Waals surface area contributed by atoms with Crippen molar-refractivity contribution < 1.29 is 4.92 Å². The molecule has 0 saturated carbocycles. The van der Waals surface area contributed by atoms with Crippen LogP contribution in [0.2, 0.25) is 0 Å². The van der Waals surface area contributed by atoms with Gasteiger partial charge in [-0.05, 0) is 17.7 Å². The molecule has 2 unspecified atom stereocenters. The lowest BCUT2D eigenvalue weighted by Crippen LogP contribution is -2.26. The summed E-state index contributed by atoms with van der Waals surface area (Å²) in [5, 5.41) is 15.4. The maximum absolute atomic E-state index is 12.8. The number of nitro benzene ring substituents is 1. The molecule has 2 N–H and O–H groups in total. The molecular formula is C19H15N7O3S. The van der Waals surface area contributed by atoms with Gasteiger partial charge in [0.1, 0.15) is 0 Å². The number of pyridine rings is 1. The molecule has 0 amide bonds. The molecule has 11 heteroatoms. The molecule has 1 fully saturated rings. The Morgan fingerprint density at radius 1 is 1.27 bits per heavy atom. The van der Waals surface area contributed by atoms with Crippen molar-refractivity contribution in [3.8, 4) is 11.4 Å². The van der Waals surface area contributed by atoms with Gasteiger partial charge in [0.25, 0.3) is 11.2 Å². The van der Waals surface area contributed by atoms with E-state index in [0.29, 0.717) is 21.9 Å². The molecule has 3 aromatic heterocycles. The van der Waals surface area contributed by atoms with Gasteiger partial charge < -0.3 is 0 Å². The van der Waals surface area contributed by atoms with Crippen LogP contribution >= 0.6 is 11.3 Å². The summed E-state index contributed by atoms with van der Waals surface area (Å²) in [6.45, 7) is 0.586. The molecule has 5 rings (SSSR count). The van der Waals surface area contributed by atoms with Gasteiger partial charge in [-0.15, -0.1) is 5.10 Å². The summed E-state index contributed by atoms with van der Waals surface area (Å²) in [6.07, 6.45) is 5.18. The molecule has 1 saturated heterocycles. The van der Waals surface area contributed by atoms with Crippen molar-refractivity contribution in [2.75, 3.05) is 6.54 Å². The monoisotopic (exact) mass is 421 g/mol. The zero-order valence-electron chi connectivity index (χ0n) is 15.4. The first-order valence-electron chi connectivity index (χ1n) is 9.15. The Hall–Kier alpha value is -3.54. The Morgan fingerprint density at radius 2 is 2.10 bits per heavy atom. The summed E-state index contributed by atoms with van der Waals surface area (Å²) in [6, 6.07) is 9.88. The minimum Gasteiger partial charge on any atom is -0.266 e. The standard InChI is InChI=1S/C19H15N7O3S/c27-18-15(30-19-22-17(24-25(18)19)11-4-6-20-7-5-11)9-13-10-21-23-16(13)12-2-1-3-14(8-12)26(28)29/h1-9,13,16,21,23H,10H2/b15-9-. The lowest BCUT2D eigenvalue weighted by atomic mass is 9.94. The van der Waals surface area contributed by atoms with Crippen LogP contribution in [0.15, 0.2) is 53.6 Å². The van der Waals surface area contributed by atoms with E-state index in [2.05, 4.69) is 25.9 Å². The average molecular weight is 421 g/mol. The largest absolute Gasteiger partial charge is 0.290 e. The highest BCUT2D eigenvalue weighted by Gasteiger charge is 2.28. The maximum atomic E-state index is 12.8. The Balaban J connectivity index is 1.50. The van der Waals surface area contributed by atoms with Crippen molar-refractivity contribution in [3.05, 3.63) is 79.4 Å². The van der Waals surface area contributed by atoms with Crippen molar-refractivity contribution >= 4 is 28.1 Å². The number of hydrazine groups is 1. The maximum Gasteiger partial charge on any atom is 0.290 e. The topological polar surface area (TPSA) is 127 Å². The van der Waals surface area contributed by atoms with Gasteiger partial charge in [-0.1, -0.05) is 29.5 Å². The second-order valence-corrected chi connectivity index (χ2v) is 7.83. The third-order valence-corrected chi connectivity index (χ3v) is 5.93. The molecule has 30 heavy (non-hydrogen) atoms. The van der Waals surface area contributed by atoms with Gasteiger partial charge in [0, 0.05) is 42.6 Å². The van der Waals surface area contributed by atoms with Gasteiger partial charge >= 0.3 is 0 Å². The highest BCUT2D eigenvalue weighted by atomic mass is 32.1. The number of nitrogens with one attached hydrogen (secondary N) is 2.